The zero-order valence-electron chi connectivity index (χ0n) is 53.4. The Kier molecular flexibility index (Phi) is 59.8. The molecule has 0 N–H and O–H groups in total. The van der Waals surface area contributed by atoms with Crippen molar-refractivity contribution in [1.29, 1.82) is 0 Å². The van der Waals surface area contributed by atoms with Gasteiger partial charge in [-0.3, -0.25) is 9.59 Å². The van der Waals surface area contributed by atoms with E-state index in [4.69, 9.17) is 18.9 Å². The topological polar surface area (TPSA) is 111 Å². The van der Waals surface area contributed by atoms with Crippen molar-refractivity contribution in [3.63, 3.8) is 0 Å². The zero-order valence-corrected chi connectivity index (χ0v) is 53.4. The third kappa shape index (κ3) is 63.9. The molecule has 2 unspecified atom stereocenters. The Morgan fingerprint density at radius 2 is 0.704 bits per heavy atom. The standard InChI is InChI=1S/C72H127NO8/c1-6-8-10-12-14-16-18-20-22-24-26-28-30-32-34-35-37-39-41-43-45-47-49-51-53-55-57-59-61-63-70(75)81-68(67-80-72(71(76)77)78-65-64-73(3,4)5)66-79-69(74)62-60-58-56-54-52-50-48-46-44-42-40-38-36-33-31-29-27-25-23-21-19-17-15-13-11-9-7-2/h8,10,14,16,20,22,25-28,32,34,37,39,68,72H,6-7,9,11-13,15,17-19,21,23-24,29-31,33,35-36,38,40-67H2,1-5H3/b10-8-,16-14-,22-20-,27-25-,28-26-,34-32-,39-37-. The smallest absolute Gasteiger partial charge is 0.306 e. The second-order valence-electron chi connectivity index (χ2n) is 23.7. The van der Waals surface area contributed by atoms with E-state index in [1.807, 2.05) is 21.1 Å². The second-order valence-corrected chi connectivity index (χ2v) is 23.7. The number of carboxylic acids is 1. The van der Waals surface area contributed by atoms with E-state index in [0.29, 0.717) is 23.9 Å². The minimum Gasteiger partial charge on any atom is -0.545 e. The van der Waals surface area contributed by atoms with Crippen LogP contribution in [0, 0.1) is 0 Å². The molecule has 468 valence electrons. The highest BCUT2D eigenvalue weighted by atomic mass is 16.7. The van der Waals surface area contributed by atoms with Gasteiger partial charge in [-0.15, -0.1) is 0 Å². The van der Waals surface area contributed by atoms with Crippen LogP contribution in [0.1, 0.15) is 296 Å². The van der Waals surface area contributed by atoms with Gasteiger partial charge in [0.05, 0.1) is 40.3 Å². The summed E-state index contributed by atoms with van der Waals surface area (Å²) >= 11 is 0. The number of carbonyl (C=O) groups excluding carboxylic acids is 3. The minimum absolute atomic E-state index is 0.144. The number of aliphatic carboxylic acids is 1. The highest BCUT2D eigenvalue weighted by Crippen LogP contribution is 2.17. The van der Waals surface area contributed by atoms with Crippen molar-refractivity contribution in [2.75, 3.05) is 47.5 Å². The fraction of sp³-hybridized carbons (Fsp3) is 0.764. The van der Waals surface area contributed by atoms with Gasteiger partial charge in [0.15, 0.2) is 12.4 Å². The molecule has 0 aliphatic heterocycles. The summed E-state index contributed by atoms with van der Waals surface area (Å²) in [5.74, 6) is -2.28. The van der Waals surface area contributed by atoms with Crippen LogP contribution in [0.4, 0.5) is 0 Å². The summed E-state index contributed by atoms with van der Waals surface area (Å²) in [7, 11) is 5.93. The summed E-state index contributed by atoms with van der Waals surface area (Å²) in [6, 6.07) is 0. The molecule has 0 aliphatic carbocycles. The number of hydrogen-bond acceptors (Lipinski definition) is 8. The predicted octanol–water partition coefficient (Wildman–Crippen LogP) is 19.4. The third-order valence-electron chi connectivity index (χ3n) is 14.6. The molecule has 0 aliphatic rings. The molecule has 0 fully saturated rings. The van der Waals surface area contributed by atoms with Gasteiger partial charge in [0, 0.05) is 12.8 Å². The molecule has 0 saturated heterocycles. The molecule has 0 aromatic rings. The quantitative estimate of drug-likeness (QED) is 0.0195. The molecule has 0 amide bonds. The van der Waals surface area contributed by atoms with E-state index in [-0.39, 0.29) is 32.2 Å². The molecule has 9 heteroatoms. The van der Waals surface area contributed by atoms with Crippen LogP contribution in [0.3, 0.4) is 0 Å². The summed E-state index contributed by atoms with van der Waals surface area (Å²) < 4.78 is 22.8. The Hall–Kier alpha value is -3.53. The van der Waals surface area contributed by atoms with Gasteiger partial charge in [0.1, 0.15) is 13.2 Å². The van der Waals surface area contributed by atoms with Crippen molar-refractivity contribution in [2.24, 2.45) is 0 Å². The normalized spacial score (nSPS) is 13.2. The highest BCUT2D eigenvalue weighted by Gasteiger charge is 2.22. The Balaban J connectivity index is 4.16. The van der Waals surface area contributed by atoms with Crippen LogP contribution in [-0.2, 0) is 33.3 Å². The zero-order chi connectivity index (χ0) is 59.1. The maximum atomic E-state index is 12.9. The van der Waals surface area contributed by atoms with Crippen LogP contribution in [0.5, 0.6) is 0 Å². The van der Waals surface area contributed by atoms with E-state index in [0.717, 1.165) is 83.5 Å². The van der Waals surface area contributed by atoms with E-state index in [1.54, 1.807) is 0 Å². The first kappa shape index (κ1) is 77.5. The van der Waals surface area contributed by atoms with Gasteiger partial charge in [0.25, 0.3) is 0 Å². The van der Waals surface area contributed by atoms with Gasteiger partial charge in [-0.1, -0.05) is 279 Å². The number of nitrogens with zero attached hydrogens (tertiary/aromatic N) is 1. The fourth-order valence-corrected chi connectivity index (χ4v) is 9.48. The lowest BCUT2D eigenvalue weighted by Gasteiger charge is -2.26. The van der Waals surface area contributed by atoms with Gasteiger partial charge in [-0.2, -0.15) is 0 Å². The lowest BCUT2D eigenvalue weighted by molar-refractivity contribution is -0.870. The summed E-state index contributed by atoms with van der Waals surface area (Å²) in [6.07, 6.45) is 80.8. The molecule has 0 rings (SSSR count). The second kappa shape index (κ2) is 62.5. The molecule has 0 aromatic heterocycles. The molecule has 0 aromatic carbocycles. The van der Waals surface area contributed by atoms with Crippen molar-refractivity contribution in [3.8, 4) is 0 Å². The van der Waals surface area contributed by atoms with E-state index in [9.17, 15) is 19.5 Å². The Morgan fingerprint density at radius 1 is 0.383 bits per heavy atom. The summed E-state index contributed by atoms with van der Waals surface area (Å²) in [5.41, 5.74) is 0. The molecule has 81 heavy (non-hydrogen) atoms. The van der Waals surface area contributed by atoms with Crippen molar-refractivity contribution >= 4 is 17.9 Å². The number of carbonyl (C=O) groups is 3. The number of ether oxygens (including phenoxy) is 4. The number of rotatable bonds is 62. The minimum atomic E-state index is -1.63. The first-order chi connectivity index (χ1) is 39.6. The lowest BCUT2D eigenvalue weighted by atomic mass is 10.0. The average Bonchev–Trinajstić information content (AvgIpc) is 3.44. The van der Waals surface area contributed by atoms with Gasteiger partial charge in [-0.05, 0) is 89.9 Å². The number of hydrogen-bond donors (Lipinski definition) is 0. The van der Waals surface area contributed by atoms with Crippen molar-refractivity contribution in [2.45, 2.75) is 309 Å². The molecule has 9 nitrogen and oxygen atoms in total. The molecular formula is C72H127NO8. The molecule has 0 heterocycles. The van der Waals surface area contributed by atoms with E-state index in [2.05, 4.69) is 98.9 Å². The van der Waals surface area contributed by atoms with E-state index < -0.39 is 24.3 Å². The van der Waals surface area contributed by atoms with Crippen LogP contribution in [0.2, 0.25) is 0 Å². The number of carboxylic acid groups (broad SMARTS) is 1. The molecule has 0 radical (unpaired) electrons. The number of esters is 2. The van der Waals surface area contributed by atoms with Gasteiger partial charge < -0.3 is 33.3 Å². The average molecular weight is 1130 g/mol. The van der Waals surface area contributed by atoms with Crippen LogP contribution in [0.25, 0.3) is 0 Å². The van der Waals surface area contributed by atoms with Gasteiger partial charge in [-0.25, -0.2) is 0 Å². The first-order valence-electron chi connectivity index (χ1n) is 33.7. The number of unbranched alkanes of at least 4 members (excludes halogenated alkanes) is 33. The molecular weight excluding hydrogens is 1010 g/mol. The SMILES string of the molecule is CC/C=C\C/C=C\C/C=C\C/C=C\C/C=C\C/C=C\CCCCCCCCCCCCC(=O)OC(COC(=O)CCCCCCCCCCCCCCCCC/C=C\CCCCCCCCCC)COC(OCC[N+](C)(C)C)C(=O)[O-]. The number of likely N-dealkylation sites (N-methyl/N-ethyl adjacent to an activating group) is 1. The first-order valence-corrected chi connectivity index (χ1v) is 33.7. The largest absolute Gasteiger partial charge is 0.545 e. The summed E-state index contributed by atoms with van der Waals surface area (Å²) in [6.45, 7) is 4.66. The lowest BCUT2D eigenvalue weighted by Crippen LogP contribution is -2.44. The monoisotopic (exact) mass is 1130 g/mol. The van der Waals surface area contributed by atoms with E-state index in [1.165, 1.54) is 180 Å². The maximum Gasteiger partial charge on any atom is 0.306 e. The van der Waals surface area contributed by atoms with E-state index >= 15 is 0 Å². The Morgan fingerprint density at radius 3 is 1.06 bits per heavy atom. The fourth-order valence-electron chi connectivity index (χ4n) is 9.48. The van der Waals surface area contributed by atoms with Crippen molar-refractivity contribution in [3.05, 3.63) is 85.1 Å². The molecule has 2 atom stereocenters. The highest BCUT2D eigenvalue weighted by molar-refractivity contribution is 5.70. The van der Waals surface area contributed by atoms with Gasteiger partial charge >= 0.3 is 11.9 Å². The Labute approximate surface area is 500 Å². The van der Waals surface area contributed by atoms with Crippen LogP contribution in [0.15, 0.2) is 85.1 Å². The van der Waals surface area contributed by atoms with Gasteiger partial charge in [0.2, 0.25) is 0 Å². The van der Waals surface area contributed by atoms with Crippen LogP contribution in [-0.4, -0.2) is 82.3 Å². The summed E-state index contributed by atoms with van der Waals surface area (Å²) in [4.78, 5) is 37.5. The van der Waals surface area contributed by atoms with Crippen molar-refractivity contribution in [1.82, 2.24) is 0 Å². The third-order valence-corrected chi connectivity index (χ3v) is 14.6. The maximum absolute atomic E-state index is 12.9. The van der Waals surface area contributed by atoms with Crippen LogP contribution >= 0.6 is 0 Å². The predicted molar refractivity (Wildman–Crippen MR) is 343 cm³/mol. The molecule has 0 bridgehead atoms. The van der Waals surface area contributed by atoms with Crippen molar-refractivity contribution < 1.29 is 42.9 Å². The number of allylic oxidation sites excluding steroid dienone is 14. The summed E-state index contributed by atoms with van der Waals surface area (Å²) in [5, 5.41) is 11.8. The Bertz CT molecular complexity index is 1600. The number of quaternary nitrogens is 1. The molecule has 0 spiro atoms. The molecule has 0 saturated carbocycles. The van der Waals surface area contributed by atoms with Crippen LogP contribution < -0.4 is 5.11 Å².